The van der Waals surface area contributed by atoms with E-state index < -0.39 is 0 Å². The summed E-state index contributed by atoms with van der Waals surface area (Å²) in [6.45, 7) is 6.94. The molecule has 1 saturated carbocycles. The molecule has 0 aromatic heterocycles. The van der Waals surface area contributed by atoms with E-state index in [1.807, 2.05) is 29.2 Å². The molecule has 4 rings (SSSR count). The molecule has 0 spiro atoms. The van der Waals surface area contributed by atoms with Gasteiger partial charge in [-0.25, -0.2) is 0 Å². The van der Waals surface area contributed by atoms with Gasteiger partial charge in [-0.05, 0) is 54.2 Å². The van der Waals surface area contributed by atoms with Crippen molar-refractivity contribution in [3.63, 3.8) is 0 Å². The summed E-state index contributed by atoms with van der Waals surface area (Å²) in [5.41, 5.74) is 8.56. The maximum atomic E-state index is 13.3. The van der Waals surface area contributed by atoms with E-state index in [2.05, 4.69) is 26.1 Å². The van der Waals surface area contributed by atoms with Gasteiger partial charge in [-0.1, -0.05) is 45.7 Å². The van der Waals surface area contributed by atoms with Gasteiger partial charge in [0.05, 0.1) is 0 Å². The van der Waals surface area contributed by atoms with Gasteiger partial charge in [0.2, 0.25) is 12.7 Å². The van der Waals surface area contributed by atoms with Crippen molar-refractivity contribution in [1.82, 2.24) is 4.90 Å². The fourth-order valence-electron chi connectivity index (χ4n) is 4.60. The summed E-state index contributed by atoms with van der Waals surface area (Å²) < 4.78 is 10.7. The van der Waals surface area contributed by atoms with Crippen LogP contribution in [0.25, 0.3) is 0 Å². The highest BCUT2D eigenvalue weighted by atomic mass is 16.7. The monoisotopic (exact) mass is 465 g/mol. The Morgan fingerprint density at radius 1 is 1.03 bits per heavy atom. The molecule has 0 bridgehead atoms. The number of fused-ring (bicyclic) bond motifs is 1. The third-order valence-corrected chi connectivity index (χ3v) is 6.38. The van der Waals surface area contributed by atoms with E-state index in [0.717, 1.165) is 31.2 Å². The molecule has 2 aromatic rings. The van der Waals surface area contributed by atoms with Gasteiger partial charge in [0.15, 0.2) is 11.5 Å². The number of nitrogens with one attached hydrogen (secondary N) is 1. The number of hydrogen-bond donors (Lipinski definition) is 2. The quantitative estimate of drug-likeness (QED) is 0.645. The van der Waals surface area contributed by atoms with Crippen LogP contribution in [0.15, 0.2) is 42.5 Å². The van der Waals surface area contributed by atoms with Crippen LogP contribution in [0.2, 0.25) is 0 Å². The lowest BCUT2D eigenvalue weighted by Crippen LogP contribution is -2.52. The highest BCUT2D eigenvalue weighted by Gasteiger charge is 2.32. The number of benzene rings is 2. The van der Waals surface area contributed by atoms with Crippen molar-refractivity contribution in [3.05, 3.63) is 53.6 Å². The summed E-state index contributed by atoms with van der Waals surface area (Å²) in [4.78, 5) is 27.9. The number of anilines is 1. The number of amides is 2. The molecule has 2 amide bonds. The summed E-state index contributed by atoms with van der Waals surface area (Å²) in [5.74, 6) is 1.14. The number of hydrogen-bond acceptors (Lipinski definition) is 5. The molecule has 2 aliphatic rings. The molecule has 7 heteroatoms. The summed E-state index contributed by atoms with van der Waals surface area (Å²) in [7, 11) is 0. The van der Waals surface area contributed by atoms with Gasteiger partial charge in [-0.3, -0.25) is 9.59 Å². The zero-order valence-electron chi connectivity index (χ0n) is 20.3. The van der Waals surface area contributed by atoms with Crippen molar-refractivity contribution in [2.45, 2.75) is 71.5 Å². The first-order chi connectivity index (χ1) is 16.2. The molecule has 2 unspecified atom stereocenters. The molecule has 0 saturated heterocycles. The van der Waals surface area contributed by atoms with Gasteiger partial charge in [0.1, 0.15) is 0 Å². The van der Waals surface area contributed by atoms with Gasteiger partial charge in [0.25, 0.3) is 5.91 Å². The minimum absolute atomic E-state index is 0.0120. The van der Waals surface area contributed by atoms with Crippen molar-refractivity contribution >= 4 is 17.5 Å². The van der Waals surface area contributed by atoms with Crippen molar-refractivity contribution in [3.8, 4) is 11.5 Å². The topological polar surface area (TPSA) is 93.9 Å². The number of ether oxygens (including phenoxy) is 2. The first-order valence-corrected chi connectivity index (χ1v) is 12.0. The van der Waals surface area contributed by atoms with E-state index in [9.17, 15) is 9.59 Å². The van der Waals surface area contributed by atoms with Gasteiger partial charge >= 0.3 is 0 Å². The first-order valence-electron chi connectivity index (χ1n) is 12.0. The lowest BCUT2D eigenvalue weighted by molar-refractivity contribution is -0.137. The normalized spacial score (nSPS) is 19.5. The predicted octanol–water partition coefficient (Wildman–Crippen LogP) is 4.70. The SMILES string of the molecule is CC(C)(C)CC(=O)N(Cc1ccc(NC(=O)c2ccc3c(c2)OCO3)cc1)C1CCCCC1N. The molecule has 1 heterocycles. The fourth-order valence-corrected chi connectivity index (χ4v) is 4.60. The van der Waals surface area contributed by atoms with Crippen LogP contribution in [0, 0.1) is 5.41 Å². The molecule has 0 radical (unpaired) electrons. The van der Waals surface area contributed by atoms with E-state index in [4.69, 9.17) is 15.2 Å². The Balaban J connectivity index is 1.44. The Morgan fingerprint density at radius 2 is 1.74 bits per heavy atom. The number of nitrogens with two attached hydrogens (primary N) is 1. The molecule has 1 aliphatic heterocycles. The van der Waals surface area contributed by atoms with Crippen LogP contribution in [0.3, 0.4) is 0 Å². The van der Waals surface area contributed by atoms with Crippen molar-refractivity contribution < 1.29 is 19.1 Å². The number of carbonyl (C=O) groups is 2. The van der Waals surface area contributed by atoms with E-state index in [1.165, 1.54) is 0 Å². The summed E-state index contributed by atoms with van der Waals surface area (Å²) in [6, 6.07) is 12.9. The third-order valence-electron chi connectivity index (χ3n) is 6.38. The Labute approximate surface area is 201 Å². The molecule has 2 atom stereocenters. The minimum atomic E-state index is -0.221. The second-order valence-electron chi connectivity index (χ2n) is 10.5. The third kappa shape index (κ3) is 5.89. The number of nitrogens with zero attached hydrogens (tertiary/aromatic N) is 1. The van der Waals surface area contributed by atoms with Crippen LogP contribution in [-0.2, 0) is 11.3 Å². The molecular formula is C27H35N3O4. The highest BCUT2D eigenvalue weighted by molar-refractivity contribution is 6.04. The summed E-state index contributed by atoms with van der Waals surface area (Å²) in [6.07, 6.45) is 4.61. The van der Waals surface area contributed by atoms with Gasteiger partial charge < -0.3 is 25.4 Å². The van der Waals surface area contributed by atoms with E-state index in [0.29, 0.717) is 35.7 Å². The molecular weight excluding hydrogens is 430 g/mol. The molecule has 1 fully saturated rings. The fraction of sp³-hybridized carbons (Fsp3) is 0.481. The van der Waals surface area contributed by atoms with Gasteiger partial charge in [0, 0.05) is 36.3 Å². The van der Waals surface area contributed by atoms with Crippen molar-refractivity contribution in [2.24, 2.45) is 11.1 Å². The Morgan fingerprint density at radius 3 is 2.44 bits per heavy atom. The molecule has 7 nitrogen and oxygen atoms in total. The Hall–Kier alpha value is -3.06. The molecule has 34 heavy (non-hydrogen) atoms. The average Bonchev–Trinajstić information content (AvgIpc) is 3.26. The molecule has 3 N–H and O–H groups in total. The zero-order chi connectivity index (χ0) is 24.3. The van der Waals surface area contributed by atoms with Crippen molar-refractivity contribution in [1.29, 1.82) is 0 Å². The number of carbonyl (C=O) groups excluding carboxylic acids is 2. The van der Waals surface area contributed by atoms with E-state index >= 15 is 0 Å². The lowest BCUT2D eigenvalue weighted by Gasteiger charge is -2.39. The molecule has 2 aromatic carbocycles. The van der Waals surface area contributed by atoms with Crippen LogP contribution in [0.5, 0.6) is 11.5 Å². The van der Waals surface area contributed by atoms with E-state index in [1.54, 1.807) is 18.2 Å². The maximum Gasteiger partial charge on any atom is 0.255 e. The van der Waals surface area contributed by atoms with Crippen molar-refractivity contribution in [2.75, 3.05) is 12.1 Å². The summed E-state index contributed by atoms with van der Waals surface area (Å²) >= 11 is 0. The van der Waals surface area contributed by atoms with Crippen LogP contribution in [0.4, 0.5) is 5.69 Å². The van der Waals surface area contributed by atoms with Crippen LogP contribution < -0.4 is 20.5 Å². The largest absolute Gasteiger partial charge is 0.454 e. The highest BCUT2D eigenvalue weighted by Crippen LogP contribution is 2.33. The molecule has 1 aliphatic carbocycles. The first kappa shape index (κ1) is 24.1. The molecule has 182 valence electrons. The maximum absolute atomic E-state index is 13.3. The van der Waals surface area contributed by atoms with Gasteiger partial charge in [-0.15, -0.1) is 0 Å². The smallest absolute Gasteiger partial charge is 0.255 e. The predicted molar refractivity (Wildman–Crippen MR) is 132 cm³/mol. The number of rotatable bonds is 6. The second-order valence-corrected chi connectivity index (χ2v) is 10.5. The van der Waals surface area contributed by atoms with Crippen LogP contribution >= 0.6 is 0 Å². The van der Waals surface area contributed by atoms with E-state index in [-0.39, 0.29) is 36.1 Å². The van der Waals surface area contributed by atoms with Crippen LogP contribution in [-0.4, -0.2) is 35.6 Å². The Bertz CT molecular complexity index is 1030. The van der Waals surface area contributed by atoms with Gasteiger partial charge in [-0.2, -0.15) is 0 Å². The zero-order valence-corrected chi connectivity index (χ0v) is 20.3. The minimum Gasteiger partial charge on any atom is -0.454 e. The average molecular weight is 466 g/mol. The standard InChI is InChI=1S/C27H35N3O4/c1-27(2,3)15-25(31)30(22-7-5-4-6-21(22)28)16-18-8-11-20(12-9-18)29-26(32)19-10-13-23-24(14-19)34-17-33-23/h8-14,21-22H,4-7,15-17,28H2,1-3H3,(H,29,32). The second kappa shape index (κ2) is 10.1. The Kier molecular flexibility index (Phi) is 7.12. The lowest BCUT2D eigenvalue weighted by atomic mass is 9.87. The van der Waals surface area contributed by atoms with Crippen LogP contribution in [0.1, 0.15) is 68.8 Å². The summed E-state index contributed by atoms with van der Waals surface area (Å²) in [5, 5.41) is 2.92.